The molecule has 3 heteroatoms. The molecule has 0 bridgehead atoms. The van der Waals surface area contributed by atoms with E-state index in [9.17, 15) is 0 Å². The van der Waals surface area contributed by atoms with Gasteiger partial charge in [0.05, 0.1) is 22.8 Å². The van der Waals surface area contributed by atoms with Crippen molar-refractivity contribution in [1.29, 1.82) is 0 Å². The maximum atomic E-state index is 5.10. The standard InChI is InChI=1S/C26H21N3/c1-26(2)20-8-4-3-7-19(20)25-21(26)11-12-22(29-25)18-14-17-10-9-16-6-5-13-27-23(16)24(17)28-15-18/h3-8,11-15H,9-10H2,1-2H3. The third-order valence-electron chi connectivity index (χ3n) is 6.47. The first kappa shape index (κ1) is 16.6. The second kappa shape index (κ2) is 5.84. The number of rotatable bonds is 1. The van der Waals surface area contributed by atoms with Crippen LogP contribution < -0.4 is 0 Å². The SMILES string of the molecule is CC1(C)c2ccccc2-c2nc(-c3cnc4c(c3)CCc3cccnc3-4)ccc21. The van der Waals surface area contributed by atoms with Crippen LogP contribution in [0.3, 0.4) is 0 Å². The Morgan fingerprint density at radius 1 is 0.759 bits per heavy atom. The Hall–Kier alpha value is -3.33. The van der Waals surface area contributed by atoms with Gasteiger partial charge in [-0.15, -0.1) is 0 Å². The van der Waals surface area contributed by atoms with E-state index in [0.717, 1.165) is 41.2 Å². The van der Waals surface area contributed by atoms with Crippen molar-refractivity contribution in [2.75, 3.05) is 0 Å². The van der Waals surface area contributed by atoms with Gasteiger partial charge >= 0.3 is 0 Å². The lowest BCUT2D eigenvalue weighted by molar-refractivity contribution is 0.659. The summed E-state index contributed by atoms with van der Waals surface area (Å²) in [4.78, 5) is 14.5. The lowest BCUT2D eigenvalue weighted by Crippen LogP contribution is -2.14. The predicted octanol–water partition coefficient (Wildman–Crippen LogP) is 5.61. The largest absolute Gasteiger partial charge is 0.254 e. The monoisotopic (exact) mass is 375 g/mol. The number of benzene rings is 1. The Kier molecular flexibility index (Phi) is 3.34. The molecule has 0 N–H and O–H groups in total. The molecule has 0 aliphatic heterocycles. The summed E-state index contributed by atoms with van der Waals surface area (Å²) in [5.74, 6) is 0. The van der Waals surface area contributed by atoms with Crippen molar-refractivity contribution >= 4 is 0 Å². The number of hydrogen-bond donors (Lipinski definition) is 0. The highest BCUT2D eigenvalue weighted by atomic mass is 14.8. The van der Waals surface area contributed by atoms with Crippen LogP contribution in [0.5, 0.6) is 0 Å². The van der Waals surface area contributed by atoms with Crippen LogP contribution in [0, 0.1) is 0 Å². The number of fused-ring (bicyclic) bond motifs is 6. The van der Waals surface area contributed by atoms with Crippen molar-refractivity contribution in [3.05, 3.63) is 89.2 Å². The minimum absolute atomic E-state index is 0.0130. The predicted molar refractivity (Wildman–Crippen MR) is 116 cm³/mol. The topological polar surface area (TPSA) is 38.7 Å². The molecule has 0 fully saturated rings. The maximum Gasteiger partial charge on any atom is 0.0921 e. The van der Waals surface area contributed by atoms with Crippen LogP contribution in [-0.4, -0.2) is 15.0 Å². The molecule has 4 aromatic rings. The van der Waals surface area contributed by atoms with Gasteiger partial charge in [-0.05, 0) is 53.3 Å². The van der Waals surface area contributed by atoms with Crippen molar-refractivity contribution in [3.8, 4) is 33.9 Å². The quantitative estimate of drug-likeness (QED) is 0.434. The maximum absolute atomic E-state index is 5.10. The van der Waals surface area contributed by atoms with Crippen LogP contribution in [-0.2, 0) is 18.3 Å². The van der Waals surface area contributed by atoms with Crippen molar-refractivity contribution in [2.45, 2.75) is 32.1 Å². The molecular formula is C26H21N3. The second-order valence-electron chi connectivity index (χ2n) is 8.51. The van der Waals surface area contributed by atoms with Gasteiger partial charge in [-0.2, -0.15) is 0 Å². The minimum atomic E-state index is -0.0130. The lowest BCUT2D eigenvalue weighted by Gasteiger charge is -2.21. The van der Waals surface area contributed by atoms with Crippen molar-refractivity contribution in [2.24, 2.45) is 0 Å². The van der Waals surface area contributed by atoms with E-state index < -0.39 is 0 Å². The number of aryl methyl sites for hydroxylation is 2. The molecule has 140 valence electrons. The van der Waals surface area contributed by atoms with E-state index in [1.807, 2.05) is 18.5 Å². The van der Waals surface area contributed by atoms with Gasteiger partial charge in [0.1, 0.15) is 0 Å². The first-order valence-corrected chi connectivity index (χ1v) is 10.2. The molecule has 0 unspecified atom stereocenters. The summed E-state index contributed by atoms with van der Waals surface area (Å²) in [6, 6.07) is 19.4. The summed E-state index contributed by atoms with van der Waals surface area (Å²) in [6.07, 6.45) is 5.81. The highest BCUT2D eigenvalue weighted by Gasteiger charge is 2.36. The highest BCUT2D eigenvalue weighted by Crippen LogP contribution is 2.48. The fraction of sp³-hybridized carbons (Fsp3) is 0.192. The van der Waals surface area contributed by atoms with E-state index >= 15 is 0 Å². The zero-order valence-corrected chi connectivity index (χ0v) is 16.6. The molecule has 2 aliphatic rings. The molecule has 6 rings (SSSR count). The molecule has 2 aliphatic carbocycles. The number of hydrogen-bond acceptors (Lipinski definition) is 3. The van der Waals surface area contributed by atoms with Gasteiger partial charge < -0.3 is 0 Å². The molecule has 3 aromatic heterocycles. The van der Waals surface area contributed by atoms with Crippen molar-refractivity contribution in [1.82, 2.24) is 15.0 Å². The van der Waals surface area contributed by atoms with Gasteiger partial charge in [-0.1, -0.05) is 50.2 Å². The molecular weight excluding hydrogens is 354 g/mol. The summed E-state index contributed by atoms with van der Waals surface area (Å²) in [6.45, 7) is 4.56. The molecule has 0 saturated heterocycles. The van der Waals surface area contributed by atoms with Crippen LogP contribution in [0.15, 0.2) is 67.0 Å². The Balaban J connectivity index is 1.48. The molecule has 3 nitrogen and oxygen atoms in total. The van der Waals surface area contributed by atoms with Crippen LogP contribution in [0.25, 0.3) is 33.9 Å². The van der Waals surface area contributed by atoms with E-state index in [0.29, 0.717) is 0 Å². The summed E-state index contributed by atoms with van der Waals surface area (Å²) in [5.41, 5.74) is 11.6. The minimum Gasteiger partial charge on any atom is -0.254 e. The van der Waals surface area contributed by atoms with Gasteiger partial charge in [0.15, 0.2) is 0 Å². The third kappa shape index (κ3) is 2.34. The Bertz CT molecular complexity index is 1290. The number of pyridine rings is 3. The zero-order valence-electron chi connectivity index (χ0n) is 16.6. The second-order valence-corrected chi connectivity index (χ2v) is 8.51. The summed E-state index contributed by atoms with van der Waals surface area (Å²) >= 11 is 0. The average Bonchev–Trinajstić information content (AvgIpc) is 3.00. The highest BCUT2D eigenvalue weighted by molar-refractivity contribution is 5.80. The number of aromatic nitrogens is 3. The van der Waals surface area contributed by atoms with Crippen LogP contribution in [0.1, 0.15) is 36.1 Å². The van der Waals surface area contributed by atoms with Gasteiger partial charge in [-0.3, -0.25) is 9.97 Å². The van der Waals surface area contributed by atoms with Gasteiger partial charge in [0.25, 0.3) is 0 Å². The van der Waals surface area contributed by atoms with E-state index in [1.165, 1.54) is 27.8 Å². The molecule has 1 aromatic carbocycles. The average molecular weight is 375 g/mol. The molecule has 0 spiro atoms. The van der Waals surface area contributed by atoms with Crippen LogP contribution >= 0.6 is 0 Å². The number of nitrogens with zero attached hydrogens (tertiary/aromatic N) is 3. The molecule has 0 atom stereocenters. The van der Waals surface area contributed by atoms with Gasteiger partial charge in [0, 0.05) is 28.9 Å². The Morgan fingerprint density at radius 2 is 1.59 bits per heavy atom. The van der Waals surface area contributed by atoms with E-state index in [4.69, 9.17) is 9.97 Å². The first-order valence-electron chi connectivity index (χ1n) is 10.2. The molecule has 3 heterocycles. The first-order chi connectivity index (χ1) is 14.1. The smallest absolute Gasteiger partial charge is 0.0921 e. The van der Waals surface area contributed by atoms with Gasteiger partial charge in [0.2, 0.25) is 0 Å². The summed E-state index contributed by atoms with van der Waals surface area (Å²) in [5, 5.41) is 0. The van der Waals surface area contributed by atoms with Crippen molar-refractivity contribution in [3.63, 3.8) is 0 Å². The van der Waals surface area contributed by atoms with E-state index in [-0.39, 0.29) is 5.41 Å². The fourth-order valence-corrected chi connectivity index (χ4v) is 4.89. The van der Waals surface area contributed by atoms with Crippen LogP contribution in [0.4, 0.5) is 0 Å². The van der Waals surface area contributed by atoms with Gasteiger partial charge in [-0.25, -0.2) is 4.98 Å². The van der Waals surface area contributed by atoms with Crippen LogP contribution in [0.2, 0.25) is 0 Å². The summed E-state index contributed by atoms with van der Waals surface area (Å²) < 4.78 is 0. The molecule has 0 radical (unpaired) electrons. The Morgan fingerprint density at radius 3 is 2.52 bits per heavy atom. The zero-order chi connectivity index (χ0) is 19.6. The summed E-state index contributed by atoms with van der Waals surface area (Å²) in [7, 11) is 0. The third-order valence-corrected chi connectivity index (χ3v) is 6.47. The normalized spacial score (nSPS) is 15.2. The van der Waals surface area contributed by atoms with E-state index in [2.05, 4.69) is 67.4 Å². The fourth-order valence-electron chi connectivity index (χ4n) is 4.89. The van der Waals surface area contributed by atoms with Crippen molar-refractivity contribution < 1.29 is 0 Å². The Labute approximate surface area is 170 Å². The lowest BCUT2D eigenvalue weighted by atomic mass is 9.83. The van der Waals surface area contributed by atoms with E-state index in [1.54, 1.807) is 0 Å². The molecule has 0 amide bonds. The molecule has 0 saturated carbocycles. The molecule has 29 heavy (non-hydrogen) atoms.